The van der Waals surface area contributed by atoms with Crippen LogP contribution in [0.15, 0.2) is 30.5 Å². The highest BCUT2D eigenvalue weighted by Crippen LogP contribution is 2.33. The number of likely N-dealkylation sites (tertiary alicyclic amines) is 2. The van der Waals surface area contributed by atoms with E-state index in [4.69, 9.17) is 5.73 Å². The predicted octanol–water partition coefficient (Wildman–Crippen LogP) is 0.396. The fraction of sp³-hybridized carbons (Fsp3) is 0.478. The van der Waals surface area contributed by atoms with Crippen LogP contribution in [-0.4, -0.2) is 70.1 Å². The number of para-hydroxylation sites is 1. The maximum atomic E-state index is 13.5. The van der Waals surface area contributed by atoms with Crippen molar-refractivity contribution in [3.05, 3.63) is 36.0 Å². The van der Waals surface area contributed by atoms with E-state index >= 15 is 0 Å². The van der Waals surface area contributed by atoms with Gasteiger partial charge in [-0.25, -0.2) is 0 Å². The number of amides is 4. The Kier molecular flexibility index (Phi) is 5.54. The standard InChI is InChI=1S/C23H29N5O4/c1-23(2,24)22(32)26-18(10-13-11-25-17-7-5-4-6-14(13)17)21(31)28-9-8-15-16(12-28)20(30)27(3)19(15)29/h4-7,11,15-16,18,25H,8-10,12,24H2,1-3H3,(H,26,32). The number of aromatic nitrogens is 1. The number of hydrogen-bond acceptors (Lipinski definition) is 5. The third kappa shape index (κ3) is 3.88. The van der Waals surface area contributed by atoms with Gasteiger partial charge in [0.2, 0.25) is 23.6 Å². The maximum absolute atomic E-state index is 13.5. The Balaban J connectivity index is 1.58. The largest absolute Gasteiger partial charge is 0.361 e. The number of rotatable bonds is 5. The van der Waals surface area contributed by atoms with E-state index in [0.717, 1.165) is 21.4 Å². The minimum Gasteiger partial charge on any atom is -0.361 e. The average Bonchev–Trinajstić information content (AvgIpc) is 3.26. The van der Waals surface area contributed by atoms with E-state index in [1.807, 2.05) is 30.5 Å². The number of benzene rings is 1. The van der Waals surface area contributed by atoms with Crippen LogP contribution in [0.4, 0.5) is 0 Å². The van der Waals surface area contributed by atoms with E-state index in [9.17, 15) is 19.2 Å². The second kappa shape index (κ2) is 8.05. The van der Waals surface area contributed by atoms with Gasteiger partial charge in [-0.1, -0.05) is 18.2 Å². The lowest BCUT2D eigenvalue weighted by molar-refractivity contribution is -0.141. The highest BCUT2D eigenvalue weighted by atomic mass is 16.2. The Labute approximate surface area is 186 Å². The minimum absolute atomic E-state index is 0.171. The number of nitrogens with one attached hydrogen (secondary N) is 2. The van der Waals surface area contributed by atoms with E-state index in [0.29, 0.717) is 13.0 Å². The number of H-pyrrole nitrogens is 1. The number of hydrogen-bond donors (Lipinski definition) is 3. The number of carbonyl (C=O) groups excluding carboxylic acids is 4. The van der Waals surface area contributed by atoms with Crippen molar-refractivity contribution in [2.24, 2.45) is 17.6 Å². The first kappa shape index (κ1) is 22.0. The van der Waals surface area contributed by atoms with Crippen molar-refractivity contribution >= 4 is 34.5 Å². The van der Waals surface area contributed by atoms with Crippen LogP contribution >= 0.6 is 0 Å². The molecule has 1 aromatic carbocycles. The Bertz CT molecular complexity index is 1090. The van der Waals surface area contributed by atoms with Gasteiger partial charge in [0, 0.05) is 43.7 Å². The van der Waals surface area contributed by atoms with Crippen molar-refractivity contribution in [3.8, 4) is 0 Å². The molecule has 0 spiro atoms. The zero-order valence-electron chi connectivity index (χ0n) is 18.6. The number of fused-ring (bicyclic) bond motifs is 2. The van der Waals surface area contributed by atoms with Crippen molar-refractivity contribution in [1.82, 2.24) is 20.1 Å². The molecule has 4 amide bonds. The molecule has 9 heteroatoms. The summed E-state index contributed by atoms with van der Waals surface area (Å²) >= 11 is 0. The highest BCUT2D eigenvalue weighted by Gasteiger charge is 2.49. The first-order valence-electron chi connectivity index (χ1n) is 10.8. The molecule has 1 aromatic heterocycles. The number of carbonyl (C=O) groups is 4. The van der Waals surface area contributed by atoms with Gasteiger partial charge >= 0.3 is 0 Å². The summed E-state index contributed by atoms with van der Waals surface area (Å²) in [4.78, 5) is 56.9. The molecule has 32 heavy (non-hydrogen) atoms. The normalized spacial score (nSPS) is 22.2. The van der Waals surface area contributed by atoms with Crippen LogP contribution < -0.4 is 11.1 Å². The van der Waals surface area contributed by atoms with Gasteiger partial charge in [-0.3, -0.25) is 24.1 Å². The molecule has 2 aliphatic heterocycles. The maximum Gasteiger partial charge on any atom is 0.245 e. The van der Waals surface area contributed by atoms with Crippen molar-refractivity contribution in [2.75, 3.05) is 20.1 Å². The van der Waals surface area contributed by atoms with Gasteiger partial charge in [-0.05, 0) is 31.9 Å². The first-order chi connectivity index (χ1) is 15.1. The molecule has 0 radical (unpaired) electrons. The second-order valence-electron chi connectivity index (χ2n) is 9.33. The molecule has 3 atom stereocenters. The average molecular weight is 440 g/mol. The van der Waals surface area contributed by atoms with Gasteiger partial charge in [-0.2, -0.15) is 0 Å². The molecule has 170 valence electrons. The minimum atomic E-state index is -1.15. The Morgan fingerprint density at radius 2 is 1.91 bits per heavy atom. The summed E-state index contributed by atoms with van der Waals surface area (Å²) in [6.45, 7) is 3.70. The third-order valence-electron chi connectivity index (χ3n) is 6.51. The topological polar surface area (TPSA) is 129 Å². The fourth-order valence-corrected chi connectivity index (χ4v) is 4.59. The monoisotopic (exact) mass is 439 g/mol. The van der Waals surface area contributed by atoms with Crippen LogP contribution in [0.3, 0.4) is 0 Å². The van der Waals surface area contributed by atoms with E-state index in [-0.39, 0.29) is 36.6 Å². The molecule has 0 aliphatic carbocycles. The Morgan fingerprint density at radius 3 is 2.62 bits per heavy atom. The van der Waals surface area contributed by atoms with Gasteiger partial charge in [0.1, 0.15) is 6.04 Å². The van der Waals surface area contributed by atoms with Crippen molar-refractivity contribution in [3.63, 3.8) is 0 Å². The van der Waals surface area contributed by atoms with Gasteiger partial charge in [0.05, 0.1) is 17.4 Å². The zero-order chi connectivity index (χ0) is 23.2. The molecule has 2 saturated heterocycles. The molecule has 3 heterocycles. The van der Waals surface area contributed by atoms with E-state index in [1.165, 1.54) is 7.05 Å². The number of piperidine rings is 1. The second-order valence-corrected chi connectivity index (χ2v) is 9.33. The Morgan fingerprint density at radius 1 is 1.22 bits per heavy atom. The molecule has 2 fully saturated rings. The molecule has 4 N–H and O–H groups in total. The lowest BCUT2D eigenvalue weighted by Gasteiger charge is -2.35. The van der Waals surface area contributed by atoms with Crippen molar-refractivity contribution in [1.29, 1.82) is 0 Å². The molecule has 4 rings (SSSR count). The Hall–Kier alpha value is -3.20. The summed E-state index contributed by atoms with van der Waals surface area (Å²) in [6.07, 6.45) is 2.55. The van der Waals surface area contributed by atoms with Gasteiger partial charge < -0.3 is 20.9 Å². The lowest BCUT2D eigenvalue weighted by Crippen LogP contribution is -2.58. The highest BCUT2D eigenvalue weighted by molar-refractivity contribution is 6.05. The molecular weight excluding hydrogens is 410 g/mol. The number of nitrogens with zero attached hydrogens (tertiary/aromatic N) is 2. The number of aromatic amines is 1. The number of imide groups is 1. The van der Waals surface area contributed by atoms with Crippen LogP contribution in [0.25, 0.3) is 10.9 Å². The molecular formula is C23H29N5O4. The van der Waals surface area contributed by atoms with Crippen LogP contribution in [0.5, 0.6) is 0 Å². The van der Waals surface area contributed by atoms with Gasteiger partial charge in [-0.15, -0.1) is 0 Å². The van der Waals surface area contributed by atoms with E-state index in [2.05, 4.69) is 10.3 Å². The summed E-state index contributed by atoms with van der Waals surface area (Å²) in [5, 5.41) is 3.79. The molecule has 9 nitrogen and oxygen atoms in total. The summed E-state index contributed by atoms with van der Waals surface area (Å²) in [7, 11) is 1.48. The van der Waals surface area contributed by atoms with E-state index in [1.54, 1.807) is 18.7 Å². The molecule has 2 aliphatic rings. The van der Waals surface area contributed by atoms with Crippen molar-refractivity contribution in [2.45, 2.75) is 38.3 Å². The summed E-state index contributed by atoms with van der Waals surface area (Å²) in [6, 6.07) is 6.90. The summed E-state index contributed by atoms with van der Waals surface area (Å²) in [5.74, 6) is -2.04. The van der Waals surface area contributed by atoms with Crippen LogP contribution in [0.2, 0.25) is 0 Å². The quantitative estimate of drug-likeness (QED) is 0.581. The van der Waals surface area contributed by atoms with E-state index < -0.39 is 23.4 Å². The predicted molar refractivity (Wildman–Crippen MR) is 118 cm³/mol. The summed E-state index contributed by atoms with van der Waals surface area (Å²) < 4.78 is 0. The zero-order valence-corrected chi connectivity index (χ0v) is 18.6. The third-order valence-corrected chi connectivity index (χ3v) is 6.51. The molecule has 0 saturated carbocycles. The molecule has 0 bridgehead atoms. The van der Waals surface area contributed by atoms with Crippen LogP contribution in [-0.2, 0) is 25.6 Å². The van der Waals surface area contributed by atoms with Gasteiger partial charge in [0.15, 0.2) is 0 Å². The van der Waals surface area contributed by atoms with Gasteiger partial charge in [0.25, 0.3) is 0 Å². The smallest absolute Gasteiger partial charge is 0.245 e. The lowest BCUT2D eigenvalue weighted by atomic mass is 9.87. The first-order valence-corrected chi connectivity index (χ1v) is 10.8. The molecule has 2 aromatic rings. The SMILES string of the molecule is CN1C(=O)C2CCN(C(=O)C(Cc3c[nH]c4ccccc34)NC(=O)C(C)(C)N)CC2C1=O. The van der Waals surface area contributed by atoms with Crippen molar-refractivity contribution < 1.29 is 19.2 Å². The summed E-state index contributed by atoms with van der Waals surface area (Å²) in [5.41, 5.74) is 6.65. The van der Waals surface area contributed by atoms with Crippen LogP contribution in [0.1, 0.15) is 25.8 Å². The number of nitrogens with two attached hydrogens (primary N) is 1. The molecule has 3 unspecified atom stereocenters. The van der Waals surface area contributed by atoms with Crippen LogP contribution in [0, 0.1) is 11.8 Å². The fourth-order valence-electron chi connectivity index (χ4n) is 4.59.